The summed E-state index contributed by atoms with van der Waals surface area (Å²) in [4.78, 5) is 0. The first-order chi connectivity index (χ1) is 9.40. The van der Waals surface area contributed by atoms with Gasteiger partial charge < -0.3 is 10.5 Å². The quantitative estimate of drug-likeness (QED) is 0.855. The van der Waals surface area contributed by atoms with Crippen molar-refractivity contribution in [3.63, 3.8) is 0 Å². The Kier molecular flexibility index (Phi) is 4.36. The van der Waals surface area contributed by atoms with Crippen molar-refractivity contribution in [3.8, 4) is 11.5 Å². The van der Waals surface area contributed by atoms with Gasteiger partial charge in [-0.05, 0) is 62.1 Å². The van der Waals surface area contributed by atoms with Gasteiger partial charge in [0.1, 0.15) is 11.5 Å². The molecule has 2 rings (SSSR count). The number of benzene rings is 2. The largest absolute Gasteiger partial charge is 0.457 e. The summed E-state index contributed by atoms with van der Waals surface area (Å²) in [5.74, 6) is 1.63. The topological polar surface area (TPSA) is 35.2 Å². The van der Waals surface area contributed by atoms with Gasteiger partial charge in [0.05, 0.1) is 0 Å². The second-order valence-electron chi connectivity index (χ2n) is 5.23. The normalized spacial score (nSPS) is 12.3. The van der Waals surface area contributed by atoms with Crippen LogP contribution < -0.4 is 10.5 Å². The highest BCUT2D eigenvalue weighted by Gasteiger charge is 2.10. The number of halogens is 1. The standard InChI is InChI=1S/C17H20ClNO/c1-10-5-6-11(2)17(12(10)3)20-14-7-8-15(13(4)19)16(18)9-14/h5-9,13H,19H2,1-4H3. The van der Waals surface area contributed by atoms with E-state index in [1.54, 1.807) is 0 Å². The predicted molar refractivity (Wildman–Crippen MR) is 84.8 cm³/mol. The lowest BCUT2D eigenvalue weighted by atomic mass is 10.1. The highest BCUT2D eigenvalue weighted by Crippen LogP contribution is 2.33. The molecule has 0 spiro atoms. The Balaban J connectivity index is 2.36. The fourth-order valence-corrected chi connectivity index (χ4v) is 2.48. The second-order valence-corrected chi connectivity index (χ2v) is 5.63. The van der Waals surface area contributed by atoms with Crippen LogP contribution in [0.15, 0.2) is 30.3 Å². The van der Waals surface area contributed by atoms with E-state index in [9.17, 15) is 0 Å². The summed E-state index contributed by atoms with van der Waals surface area (Å²) >= 11 is 6.24. The highest BCUT2D eigenvalue weighted by atomic mass is 35.5. The molecule has 2 aromatic carbocycles. The summed E-state index contributed by atoms with van der Waals surface area (Å²) in [6, 6.07) is 9.73. The van der Waals surface area contributed by atoms with E-state index in [-0.39, 0.29) is 6.04 Å². The van der Waals surface area contributed by atoms with E-state index in [1.165, 1.54) is 5.56 Å². The molecule has 2 aromatic rings. The van der Waals surface area contributed by atoms with Crippen molar-refractivity contribution in [1.82, 2.24) is 0 Å². The number of ether oxygens (including phenoxy) is 1. The minimum atomic E-state index is -0.0843. The average molecular weight is 290 g/mol. The van der Waals surface area contributed by atoms with Crippen LogP contribution in [0.1, 0.15) is 35.2 Å². The SMILES string of the molecule is Cc1ccc(C)c(Oc2ccc(C(C)N)c(Cl)c2)c1C. The molecule has 2 nitrogen and oxygen atoms in total. The molecule has 1 unspecified atom stereocenters. The van der Waals surface area contributed by atoms with E-state index >= 15 is 0 Å². The van der Waals surface area contributed by atoms with Crippen LogP contribution in [0.5, 0.6) is 11.5 Å². The first kappa shape index (κ1) is 14.9. The van der Waals surface area contributed by atoms with Crippen LogP contribution in [0.3, 0.4) is 0 Å². The molecule has 0 bridgehead atoms. The van der Waals surface area contributed by atoms with Gasteiger partial charge in [-0.15, -0.1) is 0 Å². The number of hydrogen-bond acceptors (Lipinski definition) is 2. The first-order valence-corrected chi connectivity index (χ1v) is 7.07. The lowest BCUT2D eigenvalue weighted by Gasteiger charge is -2.15. The Labute approximate surface area is 125 Å². The molecular formula is C17H20ClNO. The van der Waals surface area contributed by atoms with Crippen molar-refractivity contribution in [2.75, 3.05) is 0 Å². The smallest absolute Gasteiger partial charge is 0.133 e. The van der Waals surface area contributed by atoms with Crippen LogP contribution in [0, 0.1) is 20.8 Å². The number of rotatable bonds is 3. The lowest BCUT2D eigenvalue weighted by Crippen LogP contribution is -2.05. The van der Waals surface area contributed by atoms with Gasteiger partial charge in [-0.2, -0.15) is 0 Å². The lowest BCUT2D eigenvalue weighted by molar-refractivity contribution is 0.474. The van der Waals surface area contributed by atoms with Crippen LogP contribution >= 0.6 is 11.6 Å². The molecule has 0 aliphatic carbocycles. The Morgan fingerprint density at radius 3 is 2.30 bits per heavy atom. The van der Waals surface area contributed by atoms with Crippen LogP contribution in [0.4, 0.5) is 0 Å². The summed E-state index contributed by atoms with van der Waals surface area (Å²) in [5.41, 5.74) is 10.3. The Hall–Kier alpha value is -1.51. The zero-order chi connectivity index (χ0) is 14.9. The molecule has 0 amide bonds. The highest BCUT2D eigenvalue weighted by molar-refractivity contribution is 6.31. The van der Waals surface area contributed by atoms with Gasteiger partial charge in [0.2, 0.25) is 0 Å². The molecule has 0 aliphatic rings. The van der Waals surface area contributed by atoms with Gasteiger partial charge in [-0.25, -0.2) is 0 Å². The molecule has 0 saturated heterocycles. The average Bonchev–Trinajstić information content (AvgIpc) is 2.39. The maximum atomic E-state index is 6.24. The Morgan fingerprint density at radius 2 is 1.70 bits per heavy atom. The molecule has 0 radical (unpaired) electrons. The molecule has 0 saturated carbocycles. The zero-order valence-corrected chi connectivity index (χ0v) is 13.1. The monoisotopic (exact) mass is 289 g/mol. The van der Waals surface area contributed by atoms with Gasteiger partial charge >= 0.3 is 0 Å². The van der Waals surface area contributed by atoms with E-state index in [1.807, 2.05) is 32.0 Å². The summed E-state index contributed by atoms with van der Waals surface area (Å²) in [5, 5.41) is 0.639. The van der Waals surface area contributed by atoms with Crippen molar-refractivity contribution < 1.29 is 4.74 Å². The molecule has 1 atom stereocenters. The molecule has 2 N–H and O–H groups in total. The molecule has 3 heteroatoms. The molecule has 0 aromatic heterocycles. The number of hydrogen-bond donors (Lipinski definition) is 1. The van der Waals surface area contributed by atoms with Crippen molar-refractivity contribution in [3.05, 3.63) is 57.6 Å². The first-order valence-electron chi connectivity index (χ1n) is 6.70. The van der Waals surface area contributed by atoms with Crippen LogP contribution in [0.2, 0.25) is 5.02 Å². The molecular weight excluding hydrogens is 270 g/mol. The number of aryl methyl sites for hydroxylation is 2. The summed E-state index contributed by atoms with van der Waals surface area (Å²) < 4.78 is 6.01. The van der Waals surface area contributed by atoms with Gasteiger partial charge in [-0.3, -0.25) is 0 Å². The zero-order valence-electron chi connectivity index (χ0n) is 12.3. The molecule has 0 aliphatic heterocycles. The molecule has 0 heterocycles. The van der Waals surface area contributed by atoms with Crippen LogP contribution in [-0.4, -0.2) is 0 Å². The van der Waals surface area contributed by atoms with E-state index in [0.29, 0.717) is 5.02 Å². The van der Waals surface area contributed by atoms with Crippen LogP contribution in [0.25, 0.3) is 0 Å². The fraction of sp³-hybridized carbons (Fsp3) is 0.294. The third-order valence-electron chi connectivity index (χ3n) is 3.56. The van der Waals surface area contributed by atoms with Crippen molar-refractivity contribution >= 4 is 11.6 Å². The van der Waals surface area contributed by atoms with Gasteiger partial charge in [-0.1, -0.05) is 29.8 Å². The minimum absolute atomic E-state index is 0.0843. The van der Waals surface area contributed by atoms with Gasteiger partial charge in [0.25, 0.3) is 0 Å². The Morgan fingerprint density at radius 1 is 1.05 bits per heavy atom. The predicted octanol–water partition coefficient (Wildman–Crippen LogP) is 5.08. The maximum absolute atomic E-state index is 6.24. The van der Waals surface area contributed by atoms with Crippen molar-refractivity contribution in [2.45, 2.75) is 33.7 Å². The van der Waals surface area contributed by atoms with E-state index in [4.69, 9.17) is 22.1 Å². The molecule has 0 fully saturated rings. The maximum Gasteiger partial charge on any atom is 0.133 e. The summed E-state index contributed by atoms with van der Waals surface area (Å²) in [7, 11) is 0. The fourth-order valence-electron chi connectivity index (χ4n) is 2.14. The van der Waals surface area contributed by atoms with Gasteiger partial charge in [0, 0.05) is 11.1 Å². The van der Waals surface area contributed by atoms with E-state index in [2.05, 4.69) is 26.0 Å². The summed E-state index contributed by atoms with van der Waals surface area (Å²) in [6.45, 7) is 8.10. The van der Waals surface area contributed by atoms with Crippen molar-refractivity contribution in [1.29, 1.82) is 0 Å². The van der Waals surface area contributed by atoms with E-state index in [0.717, 1.165) is 28.2 Å². The third kappa shape index (κ3) is 2.97. The molecule has 106 valence electrons. The number of nitrogens with two attached hydrogens (primary N) is 1. The second kappa shape index (κ2) is 5.86. The minimum Gasteiger partial charge on any atom is -0.457 e. The van der Waals surface area contributed by atoms with Gasteiger partial charge in [0.15, 0.2) is 0 Å². The van der Waals surface area contributed by atoms with Crippen molar-refractivity contribution in [2.24, 2.45) is 5.73 Å². The van der Waals surface area contributed by atoms with Crippen LogP contribution in [-0.2, 0) is 0 Å². The van der Waals surface area contributed by atoms with E-state index < -0.39 is 0 Å². The molecule has 20 heavy (non-hydrogen) atoms. The third-order valence-corrected chi connectivity index (χ3v) is 3.88. The summed E-state index contributed by atoms with van der Waals surface area (Å²) in [6.07, 6.45) is 0. The Bertz CT molecular complexity index is 635.